The number of carbonyl (C=O) groups excluding carboxylic acids is 2. The molecule has 0 aliphatic carbocycles. The van der Waals surface area contributed by atoms with Crippen LogP contribution in [0.25, 0.3) is 0 Å². The molecule has 8 heteroatoms. The number of nitrogens with zero attached hydrogens (tertiary/aromatic N) is 1. The number of hydrogen-bond donors (Lipinski definition) is 4. The Morgan fingerprint density at radius 1 is 1.43 bits per heavy atom. The quantitative estimate of drug-likeness (QED) is 0.621. The van der Waals surface area contributed by atoms with Crippen molar-refractivity contribution in [3.05, 3.63) is 23.8 Å². The standard InChI is InChI=1S/C15H19N3O5/c1-8-12(19)17-10-6-9(4-5-11(10)18(8)3)13(20)16-7-15(2,23)14(21)22/h4-6,8,23H,7H2,1-3H3,(H,16,20)(H,17,19)(H,21,22). The third kappa shape index (κ3) is 3.26. The van der Waals surface area contributed by atoms with Crippen LogP contribution < -0.4 is 15.5 Å². The second-order valence-corrected chi connectivity index (χ2v) is 5.77. The van der Waals surface area contributed by atoms with Crippen molar-refractivity contribution in [3.8, 4) is 0 Å². The Morgan fingerprint density at radius 2 is 2.09 bits per heavy atom. The summed E-state index contributed by atoms with van der Waals surface area (Å²) in [6, 6.07) is 4.48. The van der Waals surface area contributed by atoms with Crippen LogP contribution in [0.5, 0.6) is 0 Å². The van der Waals surface area contributed by atoms with Gasteiger partial charge in [-0.15, -0.1) is 0 Å². The lowest BCUT2D eigenvalue weighted by atomic mass is 10.1. The minimum atomic E-state index is -2.05. The number of carbonyl (C=O) groups is 3. The highest BCUT2D eigenvalue weighted by Gasteiger charge is 2.31. The lowest BCUT2D eigenvalue weighted by molar-refractivity contribution is -0.155. The second-order valence-electron chi connectivity index (χ2n) is 5.77. The molecule has 0 spiro atoms. The zero-order valence-corrected chi connectivity index (χ0v) is 13.1. The van der Waals surface area contributed by atoms with Gasteiger partial charge in [-0.05, 0) is 32.0 Å². The van der Waals surface area contributed by atoms with Crippen LogP contribution in [-0.4, -0.2) is 53.2 Å². The topological polar surface area (TPSA) is 119 Å². The predicted molar refractivity (Wildman–Crippen MR) is 83.5 cm³/mol. The summed E-state index contributed by atoms with van der Waals surface area (Å²) in [6.45, 7) is 2.44. The third-order valence-electron chi connectivity index (χ3n) is 3.91. The number of amides is 2. The first-order valence-electron chi connectivity index (χ1n) is 7.05. The molecule has 1 aliphatic rings. The number of hydrogen-bond acceptors (Lipinski definition) is 5. The van der Waals surface area contributed by atoms with Crippen LogP contribution in [0.2, 0.25) is 0 Å². The van der Waals surface area contributed by atoms with E-state index in [1.165, 1.54) is 6.07 Å². The van der Waals surface area contributed by atoms with Gasteiger partial charge in [0, 0.05) is 12.6 Å². The van der Waals surface area contributed by atoms with Crippen LogP contribution in [0.4, 0.5) is 11.4 Å². The lowest BCUT2D eigenvalue weighted by Crippen LogP contribution is -2.46. The molecule has 2 atom stereocenters. The second kappa shape index (κ2) is 5.88. The smallest absolute Gasteiger partial charge is 0.337 e. The summed E-state index contributed by atoms with van der Waals surface area (Å²) in [4.78, 5) is 36.5. The van der Waals surface area contributed by atoms with Gasteiger partial charge < -0.3 is 25.7 Å². The maximum Gasteiger partial charge on any atom is 0.337 e. The van der Waals surface area contributed by atoms with Crippen molar-refractivity contribution in [2.75, 3.05) is 23.8 Å². The van der Waals surface area contributed by atoms with Crippen molar-refractivity contribution >= 4 is 29.2 Å². The summed E-state index contributed by atoms with van der Waals surface area (Å²) in [5, 5.41) is 23.5. The van der Waals surface area contributed by atoms with E-state index in [0.29, 0.717) is 5.69 Å². The largest absolute Gasteiger partial charge is 0.479 e. The summed E-state index contributed by atoms with van der Waals surface area (Å²) >= 11 is 0. The van der Waals surface area contributed by atoms with Crippen LogP contribution in [0, 0.1) is 0 Å². The van der Waals surface area contributed by atoms with E-state index < -0.39 is 24.0 Å². The number of fused-ring (bicyclic) bond motifs is 1. The molecule has 1 heterocycles. The van der Waals surface area contributed by atoms with E-state index >= 15 is 0 Å². The van der Waals surface area contributed by atoms with E-state index in [1.54, 1.807) is 31.0 Å². The van der Waals surface area contributed by atoms with Gasteiger partial charge in [-0.3, -0.25) is 9.59 Å². The summed E-state index contributed by atoms with van der Waals surface area (Å²) < 4.78 is 0. The molecule has 0 saturated carbocycles. The monoisotopic (exact) mass is 321 g/mol. The molecule has 0 aromatic heterocycles. The number of carboxylic acids is 1. The number of aliphatic carboxylic acids is 1. The Morgan fingerprint density at radius 3 is 2.70 bits per heavy atom. The minimum Gasteiger partial charge on any atom is -0.479 e. The van der Waals surface area contributed by atoms with Crippen LogP contribution in [-0.2, 0) is 9.59 Å². The van der Waals surface area contributed by atoms with E-state index in [0.717, 1.165) is 12.6 Å². The van der Waals surface area contributed by atoms with Gasteiger partial charge in [-0.2, -0.15) is 0 Å². The maximum absolute atomic E-state index is 12.1. The summed E-state index contributed by atoms with van der Waals surface area (Å²) in [7, 11) is 1.78. The molecule has 0 bridgehead atoms. The Bertz CT molecular complexity index is 671. The van der Waals surface area contributed by atoms with Crippen molar-refractivity contribution in [2.45, 2.75) is 25.5 Å². The first-order valence-corrected chi connectivity index (χ1v) is 7.05. The Labute approximate surface area is 133 Å². The number of benzene rings is 1. The molecule has 2 rings (SSSR count). The summed E-state index contributed by atoms with van der Waals surface area (Å²) in [5.74, 6) is -2.14. The van der Waals surface area contributed by atoms with Gasteiger partial charge in [0.1, 0.15) is 6.04 Å². The van der Waals surface area contributed by atoms with E-state index in [-0.39, 0.29) is 17.5 Å². The Hall–Kier alpha value is -2.61. The average Bonchev–Trinajstić information content (AvgIpc) is 2.49. The number of likely N-dealkylation sites (N-methyl/N-ethyl adjacent to an activating group) is 1. The van der Waals surface area contributed by atoms with E-state index in [9.17, 15) is 19.5 Å². The molecule has 2 unspecified atom stereocenters. The number of anilines is 2. The molecular formula is C15H19N3O5. The van der Waals surface area contributed by atoms with Crippen molar-refractivity contribution in [3.63, 3.8) is 0 Å². The fraction of sp³-hybridized carbons (Fsp3) is 0.400. The van der Waals surface area contributed by atoms with E-state index in [2.05, 4.69) is 10.6 Å². The van der Waals surface area contributed by atoms with E-state index in [1.807, 2.05) is 0 Å². The third-order valence-corrected chi connectivity index (χ3v) is 3.91. The predicted octanol–water partition coefficient (Wildman–Crippen LogP) is 0.0288. The number of nitrogens with one attached hydrogen (secondary N) is 2. The zero-order chi connectivity index (χ0) is 17.4. The first kappa shape index (κ1) is 16.8. The van der Waals surface area contributed by atoms with Gasteiger partial charge in [0.05, 0.1) is 17.9 Å². The number of carboxylic acid groups (broad SMARTS) is 1. The minimum absolute atomic E-state index is 0.175. The Balaban J connectivity index is 2.16. The molecule has 1 aliphatic heterocycles. The fourth-order valence-corrected chi connectivity index (χ4v) is 2.14. The van der Waals surface area contributed by atoms with Crippen LogP contribution in [0.1, 0.15) is 24.2 Å². The summed E-state index contributed by atoms with van der Waals surface area (Å²) in [6.07, 6.45) is 0. The molecule has 8 nitrogen and oxygen atoms in total. The van der Waals surface area contributed by atoms with Crippen molar-refractivity contribution in [1.29, 1.82) is 0 Å². The number of rotatable bonds is 4. The maximum atomic E-state index is 12.1. The lowest BCUT2D eigenvalue weighted by Gasteiger charge is -2.33. The molecule has 2 amide bonds. The number of aliphatic hydroxyl groups is 1. The van der Waals surface area contributed by atoms with Gasteiger partial charge in [0.15, 0.2) is 5.60 Å². The molecule has 124 valence electrons. The van der Waals surface area contributed by atoms with Gasteiger partial charge in [-0.25, -0.2) is 4.79 Å². The van der Waals surface area contributed by atoms with E-state index in [4.69, 9.17) is 5.11 Å². The molecule has 0 saturated heterocycles. The van der Waals surface area contributed by atoms with Gasteiger partial charge in [0.2, 0.25) is 5.91 Å². The van der Waals surface area contributed by atoms with Crippen molar-refractivity contribution in [1.82, 2.24) is 5.32 Å². The summed E-state index contributed by atoms with van der Waals surface area (Å²) in [5.41, 5.74) is -0.499. The fourth-order valence-electron chi connectivity index (χ4n) is 2.14. The van der Waals surface area contributed by atoms with Crippen LogP contribution in [0.3, 0.4) is 0 Å². The molecule has 4 N–H and O–H groups in total. The molecular weight excluding hydrogens is 302 g/mol. The highest BCUT2D eigenvalue weighted by molar-refractivity contribution is 6.05. The normalized spacial score (nSPS) is 19.4. The SMILES string of the molecule is CC1C(=O)Nc2cc(C(=O)NCC(C)(O)C(=O)O)ccc2N1C. The average molecular weight is 321 g/mol. The van der Waals surface area contributed by atoms with Gasteiger partial charge >= 0.3 is 5.97 Å². The Kier molecular flexibility index (Phi) is 4.28. The van der Waals surface area contributed by atoms with Crippen LogP contribution >= 0.6 is 0 Å². The molecule has 0 radical (unpaired) electrons. The first-order chi connectivity index (χ1) is 10.6. The molecule has 0 fully saturated rings. The van der Waals surface area contributed by atoms with Crippen molar-refractivity contribution < 1.29 is 24.6 Å². The zero-order valence-electron chi connectivity index (χ0n) is 13.1. The highest BCUT2D eigenvalue weighted by atomic mass is 16.4. The van der Waals surface area contributed by atoms with Crippen LogP contribution in [0.15, 0.2) is 18.2 Å². The highest BCUT2D eigenvalue weighted by Crippen LogP contribution is 2.31. The molecule has 1 aromatic rings. The van der Waals surface area contributed by atoms with Gasteiger partial charge in [-0.1, -0.05) is 0 Å². The van der Waals surface area contributed by atoms with Gasteiger partial charge in [0.25, 0.3) is 5.91 Å². The molecule has 1 aromatic carbocycles. The molecule has 23 heavy (non-hydrogen) atoms. The van der Waals surface area contributed by atoms with Crippen molar-refractivity contribution in [2.24, 2.45) is 0 Å².